The van der Waals surface area contributed by atoms with E-state index in [4.69, 9.17) is 4.74 Å². The number of ether oxygens (including phenoxy) is 1. The van der Waals surface area contributed by atoms with E-state index in [0.29, 0.717) is 12.2 Å². The van der Waals surface area contributed by atoms with Crippen molar-refractivity contribution in [1.82, 2.24) is 4.31 Å². The van der Waals surface area contributed by atoms with Gasteiger partial charge in [0.2, 0.25) is 10.0 Å². The van der Waals surface area contributed by atoms with Crippen LogP contribution in [0.5, 0.6) is 5.75 Å². The number of hydrogen-bond acceptors (Lipinski definition) is 4. The van der Waals surface area contributed by atoms with Crippen LogP contribution in [0.1, 0.15) is 30.5 Å². The third-order valence-corrected chi connectivity index (χ3v) is 6.94. The van der Waals surface area contributed by atoms with Crippen LogP contribution in [0.4, 0.5) is 0 Å². The third-order valence-electron chi connectivity index (χ3n) is 5.05. The minimum Gasteiger partial charge on any atom is -0.491 e. The van der Waals surface area contributed by atoms with E-state index in [-0.39, 0.29) is 24.6 Å². The Morgan fingerprint density at radius 1 is 1.21 bits per heavy atom. The summed E-state index contributed by atoms with van der Waals surface area (Å²) < 4.78 is 33.3. The van der Waals surface area contributed by atoms with Crippen molar-refractivity contribution in [2.75, 3.05) is 13.2 Å². The van der Waals surface area contributed by atoms with Gasteiger partial charge in [0.05, 0.1) is 5.41 Å². The molecule has 3 rings (SSSR count). The average Bonchev–Trinajstić information content (AvgIpc) is 2.74. The lowest BCUT2D eigenvalue weighted by molar-refractivity contribution is -0.146. The lowest BCUT2D eigenvalue weighted by Gasteiger charge is -2.22. The van der Waals surface area contributed by atoms with Gasteiger partial charge in [0, 0.05) is 13.1 Å². The number of aryl methyl sites for hydroxylation is 1. The van der Waals surface area contributed by atoms with Gasteiger partial charge < -0.3 is 9.84 Å². The molecule has 1 N–H and O–H groups in total. The molecule has 6 nitrogen and oxygen atoms in total. The van der Waals surface area contributed by atoms with Gasteiger partial charge in [-0.15, -0.1) is 0 Å². The molecule has 2 aromatic carbocycles. The van der Waals surface area contributed by atoms with Gasteiger partial charge in [0.1, 0.15) is 17.3 Å². The predicted octanol–water partition coefficient (Wildman–Crippen LogP) is 3.23. The molecule has 0 atom stereocenters. The van der Waals surface area contributed by atoms with Crippen molar-refractivity contribution in [1.29, 1.82) is 0 Å². The van der Waals surface area contributed by atoms with Gasteiger partial charge in [-0.05, 0) is 56.0 Å². The maximum Gasteiger partial charge on any atom is 0.309 e. The van der Waals surface area contributed by atoms with E-state index in [0.717, 1.165) is 16.7 Å². The summed E-state index contributed by atoms with van der Waals surface area (Å²) in [6.07, 6.45) is 0.369. The zero-order chi connectivity index (χ0) is 20.5. The van der Waals surface area contributed by atoms with Gasteiger partial charge in [-0.25, -0.2) is 8.42 Å². The Bertz CT molecular complexity index is 998. The number of carboxylic acid groups (broad SMARTS) is 1. The molecule has 28 heavy (non-hydrogen) atoms. The van der Waals surface area contributed by atoms with Crippen LogP contribution in [-0.2, 0) is 27.8 Å². The van der Waals surface area contributed by atoms with Crippen molar-refractivity contribution < 1.29 is 23.1 Å². The number of carboxylic acids is 1. The highest BCUT2D eigenvalue weighted by molar-refractivity contribution is 7.89. The quantitative estimate of drug-likeness (QED) is 0.829. The normalized spacial score (nSPS) is 16.7. The Balaban J connectivity index is 1.91. The van der Waals surface area contributed by atoms with Crippen LogP contribution in [0.15, 0.2) is 47.4 Å². The molecule has 1 aliphatic rings. The fraction of sp³-hybridized carbons (Fsp3) is 0.381. The van der Waals surface area contributed by atoms with E-state index in [1.807, 2.05) is 25.1 Å². The molecule has 0 amide bonds. The molecule has 0 saturated carbocycles. The molecule has 7 heteroatoms. The molecule has 0 aromatic heterocycles. The second-order valence-corrected chi connectivity index (χ2v) is 9.67. The van der Waals surface area contributed by atoms with Gasteiger partial charge in [-0.3, -0.25) is 4.79 Å². The summed E-state index contributed by atoms with van der Waals surface area (Å²) in [7, 11) is -3.68. The molecule has 2 aromatic rings. The molecular weight excluding hydrogens is 378 g/mol. The average molecular weight is 404 g/mol. The molecule has 0 fully saturated rings. The molecular formula is C21H25NO5S. The number of hydrogen-bond donors (Lipinski definition) is 1. The van der Waals surface area contributed by atoms with Crippen LogP contribution in [0, 0.1) is 12.3 Å². The summed E-state index contributed by atoms with van der Waals surface area (Å²) in [5, 5.41) is 9.38. The number of fused-ring (bicyclic) bond motifs is 1. The van der Waals surface area contributed by atoms with Crippen molar-refractivity contribution in [3.8, 4) is 5.75 Å². The van der Waals surface area contributed by atoms with Crippen molar-refractivity contribution in [3.05, 3.63) is 59.2 Å². The number of sulfonamides is 1. The van der Waals surface area contributed by atoms with Crippen LogP contribution < -0.4 is 4.74 Å². The Morgan fingerprint density at radius 2 is 1.93 bits per heavy atom. The zero-order valence-electron chi connectivity index (χ0n) is 16.3. The monoisotopic (exact) mass is 403 g/mol. The summed E-state index contributed by atoms with van der Waals surface area (Å²) in [5.74, 6) is -0.489. The molecule has 1 heterocycles. The Kier molecular flexibility index (Phi) is 5.50. The van der Waals surface area contributed by atoms with E-state index in [2.05, 4.69) is 0 Å². The standard InChI is InChI=1S/C21H25NO5S/c1-15-8-9-16(13-21(2,3)20(23)24)12-17(15)14-22-10-11-27-18-6-4-5-7-19(18)28(22,25)26/h4-9,12H,10-11,13-14H2,1-3H3,(H,23,24). The Labute approximate surface area is 165 Å². The van der Waals surface area contributed by atoms with Crippen LogP contribution in [-0.4, -0.2) is 37.0 Å². The summed E-state index contributed by atoms with van der Waals surface area (Å²) in [5.41, 5.74) is 1.80. The highest BCUT2D eigenvalue weighted by Gasteiger charge is 2.31. The smallest absolute Gasteiger partial charge is 0.309 e. The molecule has 0 aliphatic carbocycles. The summed E-state index contributed by atoms with van der Waals surface area (Å²) >= 11 is 0. The Hall–Kier alpha value is -2.38. The van der Waals surface area contributed by atoms with Crippen LogP contribution in [0.25, 0.3) is 0 Å². The predicted molar refractivity (Wildman–Crippen MR) is 106 cm³/mol. The molecule has 0 bridgehead atoms. The van der Waals surface area contributed by atoms with E-state index in [1.165, 1.54) is 4.31 Å². The number of carbonyl (C=O) groups is 1. The SMILES string of the molecule is Cc1ccc(CC(C)(C)C(=O)O)cc1CN1CCOc2ccccc2S1(=O)=O. The molecule has 0 unspecified atom stereocenters. The van der Waals surface area contributed by atoms with Gasteiger partial charge in [-0.1, -0.05) is 30.3 Å². The number of aliphatic carboxylic acids is 1. The first-order valence-electron chi connectivity index (χ1n) is 9.15. The second-order valence-electron chi connectivity index (χ2n) is 7.76. The minimum atomic E-state index is -3.68. The Morgan fingerprint density at radius 3 is 2.64 bits per heavy atom. The first-order valence-corrected chi connectivity index (χ1v) is 10.6. The largest absolute Gasteiger partial charge is 0.491 e. The van der Waals surface area contributed by atoms with Crippen molar-refractivity contribution in [2.24, 2.45) is 5.41 Å². The molecule has 1 aliphatic heterocycles. The summed E-state index contributed by atoms with van der Waals surface area (Å²) in [6, 6.07) is 12.4. The van der Waals surface area contributed by atoms with E-state index >= 15 is 0 Å². The van der Waals surface area contributed by atoms with E-state index in [9.17, 15) is 18.3 Å². The van der Waals surface area contributed by atoms with E-state index < -0.39 is 21.4 Å². The van der Waals surface area contributed by atoms with Gasteiger partial charge in [0.25, 0.3) is 0 Å². The highest BCUT2D eigenvalue weighted by Crippen LogP contribution is 2.31. The van der Waals surface area contributed by atoms with Crippen LogP contribution >= 0.6 is 0 Å². The molecule has 0 radical (unpaired) electrons. The van der Waals surface area contributed by atoms with Crippen molar-refractivity contribution in [3.63, 3.8) is 0 Å². The lowest BCUT2D eigenvalue weighted by Crippen LogP contribution is -2.32. The summed E-state index contributed by atoms with van der Waals surface area (Å²) in [4.78, 5) is 11.6. The fourth-order valence-electron chi connectivity index (χ4n) is 3.24. The highest BCUT2D eigenvalue weighted by atomic mass is 32.2. The molecule has 0 spiro atoms. The number of rotatable bonds is 5. The minimum absolute atomic E-state index is 0.174. The molecule has 150 valence electrons. The van der Waals surface area contributed by atoms with Crippen molar-refractivity contribution >= 4 is 16.0 Å². The number of benzene rings is 2. The molecule has 0 saturated heterocycles. The topological polar surface area (TPSA) is 83.9 Å². The fourth-order valence-corrected chi connectivity index (χ4v) is 4.78. The lowest BCUT2D eigenvalue weighted by atomic mass is 9.85. The first kappa shape index (κ1) is 20.4. The second kappa shape index (κ2) is 7.56. The van der Waals surface area contributed by atoms with Gasteiger partial charge in [-0.2, -0.15) is 4.31 Å². The number of nitrogens with zero attached hydrogens (tertiary/aromatic N) is 1. The number of para-hydroxylation sites is 1. The zero-order valence-corrected chi connectivity index (χ0v) is 17.1. The van der Waals surface area contributed by atoms with Crippen LogP contribution in [0.3, 0.4) is 0 Å². The third kappa shape index (κ3) is 4.05. The first-order chi connectivity index (χ1) is 13.1. The maximum atomic E-state index is 13.1. The van der Waals surface area contributed by atoms with E-state index in [1.54, 1.807) is 38.1 Å². The maximum absolute atomic E-state index is 13.1. The van der Waals surface area contributed by atoms with Crippen molar-refractivity contribution in [2.45, 2.75) is 38.6 Å². The van der Waals surface area contributed by atoms with Gasteiger partial charge in [0.15, 0.2) is 0 Å². The van der Waals surface area contributed by atoms with Crippen LogP contribution in [0.2, 0.25) is 0 Å². The van der Waals surface area contributed by atoms with Gasteiger partial charge >= 0.3 is 5.97 Å². The summed E-state index contributed by atoms with van der Waals surface area (Å²) in [6.45, 7) is 6.04.